The maximum atomic E-state index is 12.1. The Hall–Kier alpha value is -2.75. The molecule has 0 fully saturated rings. The van der Waals surface area contributed by atoms with Crippen LogP contribution in [0.3, 0.4) is 0 Å². The zero-order chi connectivity index (χ0) is 22.0. The van der Waals surface area contributed by atoms with Gasteiger partial charge in [0.25, 0.3) is 0 Å². The average molecular weight is 448 g/mol. The van der Waals surface area contributed by atoms with E-state index in [9.17, 15) is 13.2 Å². The number of ether oxygens (including phenoxy) is 1. The Morgan fingerprint density at radius 1 is 1.07 bits per heavy atom. The summed E-state index contributed by atoms with van der Waals surface area (Å²) in [6, 6.07) is 13.4. The summed E-state index contributed by atoms with van der Waals surface area (Å²) in [5.74, 6) is 0.383. The van der Waals surface area contributed by atoms with E-state index in [1.807, 2.05) is 38.1 Å². The van der Waals surface area contributed by atoms with E-state index in [0.29, 0.717) is 25.3 Å². The fourth-order valence-corrected chi connectivity index (χ4v) is 3.72. The molecule has 0 aromatic heterocycles. The van der Waals surface area contributed by atoms with Crippen molar-refractivity contribution in [2.45, 2.75) is 25.2 Å². The van der Waals surface area contributed by atoms with Crippen LogP contribution in [0, 0.1) is 0 Å². The van der Waals surface area contributed by atoms with Crippen molar-refractivity contribution in [3.8, 4) is 5.75 Å². The fourth-order valence-electron chi connectivity index (χ4n) is 2.37. The standard InChI is InChI=1S/C21H25N3O4S2/c1-3-15-22-30(26,27)19-12-8-17(9-13-19)23-21(29)24-20(25)14-7-16-5-10-18(11-6-16)28-4-2/h5-14,22H,3-4,15H2,1-2H3,(H2,23,24,25,29)/b14-7+. The van der Waals surface area contributed by atoms with Gasteiger partial charge in [0, 0.05) is 18.3 Å². The van der Waals surface area contributed by atoms with Crippen LogP contribution in [0.4, 0.5) is 5.69 Å². The minimum atomic E-state index is -3.52. The predicted molar refractivity (Wildman–Crippen MR) is 123 cm³/mol. The summed E-state index contributed by atoms with van der Waals surface area (Å²) in [5, 5.41) is 5.50. The monoisotopic (exact) mass is 447 g/mol. The average Bonchev–Trinajstić information content (AvgIpc) is 2.72. The molecule has 30 heavy (non-hydrogen) atoms. The van der Waals surface area contributed by atoms with Crippen molar-refractivity contribution in [1.29, 1.82) is 0 Å². The Kier molecular flexibility index (Phi) is 8.97. The number of carbonyl (C=O) groups excluding carboxylic acids is 1. The predicted octanol–water partition coefficient (Wildman–Crippen LogP) is 3.30. The molecule has 0 bridgehead atoms. The Balaban J connectivity index is 1.88. The van der Waals surface area contributed by atoms with Gasteiger partial charge in [0.05, 0.1) is 11.5 Å². The Bertz CT molecular complexity index is 986. The summed E-state index contributed by atoms with van der Waals surface area (Å²) < 4.78 is 32.0. The van der Waals surface area contributed by atoms with Gasteiger partial charge in [-0.15, -0.1) is 0 Å². The summed E-state index contributed by atoms with van der Waals surface area (Å²) >= 11 is 5.13. The van der Waals surface area contributed by atoms with Gasteiger partial charge in [-0.2, -0.15) is 0 Å². The molecule has 0 aliphatic heterocycles. The summed E-state index contributed by atoms with van der Waals surface area (Å²) in [5.41, 5.74) is 1.41. The third-order valence-electron chi connectivity index (χ3n) is 3.82. The molecule has 7 nitrogen and oxygen atoms in total. The Morgan fingerprint density at radius 3 is 2.33 bits per heavy atom. The van der Waals surface area contributed by atoms with E-state index in [4.69, 9.17) is 17.0 Å². The van der Waals surface area contributed by atoms with Crippen molar-refractivity contribution in [1.82, 2.24) is 10.0 Å². The summed E-state index contributed by atoms with van der Waals surface area (Å²) in [6.07, 6.45) is 3.75. The molecule has 1 amide bonds. The first-order valence-corrected chi connectivity index (χ1v) is 11.4. The van der Waals surface area contributed by atoms with Gasteiger partial charge in [-0.25, -0.2) is 13.1 Å². The van der Waals surface area contributed by atoms with Gasteiger partial charge in [0.2, 0.25) is 15.9 Å². The summed E-state index contributed by atoms with van der Waals surface area (Å²) in [7, 11) is -3.52. The van der Waals surface area contributed by atoms with E-state index in [-0.39, 0.29) is 15.9 Å². The molecule has 0 aliphatic rings. The molecule has 160 valence electrons. The number of hydrogen-bond donors (Lipinski definition) is 3. The van der Waals surface area contributed by atoms with Crippen LogP contribution < -0.4 is 20.1 Å². The van der Waals surface area contributed by atoms with E-state index in [1.165, 1.54) is 18.2 Å². The lowest BCUT2D eigenvalue weighted by Crippen LogP contribution is -2.32. The van der Waals surface area contributed by atoms with Gasteiger partial charge >= 0.3 is 0 Å². The zero-order valence-electron chi connectivity index (χ0n) is 16.8. The quantitative estimate of drug-likeness (QED) is 0.403. The first kappa shape index (κ1) is 23.5. The first-order valence-electron chi connectivity index (χ1n) is 9.46. The van der Waals surface area contributed by atoms with Gasteiger partial charge in [-0.1, -0.05) is 19.1 Å². The highest BCUT2D eigenvalue weighted by atomic mass is 32.2. The Labute approximate surface area is 182 Å². The molecular weight excluding hydrogens is 422 g/mol. The summed E-state index contributed by atoms with van der Waals surface area (Å²) in [6.45, 7) is 4.77. The topological polar surface area (TPSA) is 96.5 Å². The molecule has 0 saturated heterocycles. The van der Waals surface area contributed by atoms with Crippen LogP contribution in [-0.4, -0.2) is 32.6 Å². The molecule has 0 spiro atoms. The van der Waals surface area contributed by atoms with E-state index in [0.717, 1.165) is 11.3 Å². The maximum Gasteiger partial charge on any atom is 0.250 e. The fraction of sp³-hybridized carbons (Fsp3) is 0.238. The molecule has 0 radical (unpaired) electrons. The van der Waals surface area contributed by atoms with Crippen molar-refractivity contribution in [3.63, 3.8) is 0 Å². The van der Waals surface area contributed by atoms with E-state index < -0.39 is 10.0 Å². The first-order chi connectivity index (χ1) is 14.3. The number of benzene rings is 2. The van der Waals surface area contributed by atoms with Crippen molar-refractivity contribution in [2.24, 2.45) is 0 Å². The second kappa shape index (κ2) is 11.4. The van der Waals surface area contributed by atoms with Gasteiger partial charge in [0.15, 0.2) is 5.11 Å². The number of nitrogens with one attached hydrogen (secondary N) is 3. The van der Waals surface area contributed by atoms with E-state index in [2.05, 4.69) is 15.4 Å². The van der Waals surface area contributed by atoms with Crippen LogP contribution >= 0.6 is 12.2 Å². The Morgan fingerprint density at radius 2 is 1.73 bits per heavy atom. The molecule has 2 aromatic carbocycles. The van der Waals surface area contributed by atoms with Crippen LogP contribution in [0.15, 0.2) is 59.5 Å². The largest absolute Gasteiger partial charge is 0.494 e. The molecule has 2 aromatic rings. The number of amides is 1. The molecule has 0 aliphatic carbocycles. The van der Waals surface area contributed by atoms with Crippen LogP contribution in [0.1, 0.15) is 25.8 Å². The van der Waals surface area contributed by atoms with Gasteiger partial charge in [-0.3, -0.25) is 10.1 Å². The van der Waals surface area contributed by atoms with Crippen LogP contribution in [0.5, 0.6) is 5.75 Å². The normalized spacial score (nSPS) is 11.3. The zero-order valence-corrected chi connectivity index (χ0v) is 18.5. The number of carbonyl (C=O) groups is 1. The van der Waals surface area contributed by atoms with Gasteiger partial charge in [-0.05, 0) is 73.6 Å². The number of sulfonamides is 1. The molecule has 9 heteroatoms. The third kappa shape index (κ3) is 7.58. The highest BCUT2D eigenvalue weighted by Gasteiger charge is 2.12. The van der Waals surface area contributed by atoms with Crippen LogP contribution in [0.25, 0.3) is 6.08 Å². The van der Waals surface area contributed by atoms with Gasteiger partial charge in [0.1, 0.15) is 5.75 Å². The molecule has 0 atom stereocenters. The number of anilines is 1. The van der Waals surface area contributed by atoms with Crippen LogP contribution in [0.2, 0.25) is 0 Å². The van der Waals surface area contributed by atoms with Crippen LogP contribution in [-0.2, 0) is 14.8 Å². The van der Waals surface area contributed by atoms with Crippen molar-refractivity contribution in [2.75, 3.05) is 18.5 Å². The van der Waals surface area contributed by atoms with Gasteiger partial charge < -0.3 is 10.1 Å². The maximum absolute atomic E-state index is 12.1. The molecule has 0 unspecified atom stereocenters. The lowest BCUT2D eigenvalue weighted by molar-refractivity contribution is -0.115. The summed E-state index contributed by atoms with van der Waals surface area (Å²) in [4.78, 5) is 12.2. The second-order valence-electron chi connectivity index (χ2n) is 6.20. The third-order valence-corrected chi connectivity index (χ3v) is 5.50. The number of rotatable bonds is 9. The van der Waals surface area contributed by atoms with E-state index in [1.54, 1.807) is 18.2 Å². The molecule has 0 saturated carbocycles. The highest BCUT2D eigenvalue weighted by Crippen LogP contribution is 2.14. The minimum Gasteiger partial charge on any atom is -0.494 e. The lowest BCUT2D eigenvalue weighted by atomic mass is 10.2. The molecule has 3 N–H and O–H groups in total. The smallest absolute Gasteiger partial charge is 0.250 e. The SMILES string of the molecule is CCCNS(=O)(=O)c1ccc(NC(=S)NC(=O)/C=C/c2ccc(OCC)cc2)cc1. The molecule has 2 rings (SSSR count). The second-order valence-corrected chi connectivity index (χ2v) is 8.38. The number of hydrogen-bond acceptors (Lipinski definition) is 5. The highest BCUT2D eigenvalue weighted by molar-refractivity contribution is 7.89. The lowest BCUT2D eigenvalue weighted by Gasteiger charge is -2.10. The molecular formula is C21H25N3O4S2. The number of thiocarbonyl (C=S) groups is 1. The van der Waals surface area contributed by atoms with E-state index >= 15 is 0 Å². The van der Waals surface area contributed by atoms with Crippen molar-refractivity contribution in [3.05, 3.63) is 60.2 Å². The minimum absolute atomic E-state index is 0.107. The molecule has 0 heterocycles. The van der Waals surface area contributed by atoms with Crippen molar-refractivity contribution >= 4 is 45.0 Å². The van der Waals surface area contributed by atoms with Crippen molar-refractivity contribution < 1.29 is 17.9 Å².